The second-order valence-corrected chi connectivity index (χ2v) is 6.91. The van der Waals surface area contributed by atoms with E-state index < -0.39 is 0 Å². The number of amides is 1. The van der Waals surface area contributed by atoms with Crippen molar-refractivity contribution in [1.82, 2.24) is 5.32 Å². The number of ether oxygens (including phenoxy) is 1. The fourth-order valence-corrected chi connectivity index (χ4v) is 3.06. The van der Waals surface area contributed by atoms with Crippen LogP contribution in [-0.4, -0.2) is 18.3 Å². The summed E-state index contributed by atoms with van der Waals surface area (Å²) in [6, 6.07) is 24.6. The topological polar surface area (TPSA) is 55.4 Å². The van der Waals surface area contributed by atoms with Crippen LogP contribution in [0, 0.1) is 6.92 Å². The minimum atomic E-state index is -0.252. The van der Waals surface area contributed by atoms with Gasteiger partial charge in [0.15, 0.2) is 12.4 Å². The first-order valence-corrected chi connectivity index (χ1v) is 9.73. The molecule has 0 unspecified atom stereocenters. The minimum Gasteiger partial charge on any atom is -0.484 e. The van der Waals surface area contributed by atoms with E-state index in [9.17, 15) is 9.59 Å². The van der Waals surface area contributed by atoms with Crippen LogP contribution in [-0.2, 0) is 4.79 Å². The van der Waals surface area contributed by atoms with E-state index in [0.29, 0.717) is 17.7 Å². The number of rotatable bonds is 8. The summed E-state index contributed by atoms with van der Waals surface area (Å²) in [5.41, 5.74) is 3.83. The minimum absolute atomic E-state index is 0.0816. The molecule has 4 heteroatoms. The maximum atomic E-state index is 12.6. The molecule has 0 saturated heterocycles. The van der Waals surface area contributed by atoms with E-state index in [0.717, 1.165) is 11.1 Å². The summed E-state index contributed by atoms with van der Waals surface area (Å²) in [5, 5.41) is 3.06. The number of carbonyl (C=O) groups is 2. The third-order valence-electron chi connectivity index (χ3n) is 4.72. The molecule has 0 aliphatic heterocycles. The van der Waals surface area contributed by atoms with Crippen molar-refractivity contribution in [2.24, 2.45) is 0 Å². The highest BCUT2D eigenvalue weighted by molar-refractivity contribution is 5.95. The van der Waals surface area contributed by atoms with Gasteiger partial charge in [-0.1, -0.05) is 67.1 Å². The lowest BCUT2D eigenvalue weighted by Crippen LogP contribution is -2.33. The summed E-state index contributed by atoms with van der Waals surface area (Å²) in [6.45, 7) is 3.76. The Kier molecular flexibility index (Phi) is 6.80. The molecule has 1 atom stereocenters. The van der Waals surface area contributed by atoms with E-state index in [4.69, 9.17) is 4.74 Å². The number of hydrogen-bond acceptors (Lipinski definition) is 3. The lowest BCUT2D eigenvalue weighted by Gasteiger charge is -2.20. The highest BCUT2D eigenvalue weighted by atomic mass is 16.5. The molecular formula is C25H25NO3. The summed E-state index contributed by atoms with van der Waals surface area (Å²) >= 11 is 0. The maximum absolute atomic E-state index is 12.6. The van der Waals surface area contributed by atoms with Crippen molar-refractivity contribution in [1.29, 1.82) is 0 Å². The average molecular weight is 387 g/mol. The molecule has 3 aromatic rings. The Morgan fingerprint density at radius 3 is 2.10 bits per heavy atom. The monoisotopic (exact) mass is 387 g/mol. The fraction of sp³-hybridized carbons (Fsp3) is 0.200. The second kappa shape index (κ2) is 9.69. The number of Topliss-reactive ketones (excluding diaryl/α,β-unsaturated/α-hetero) is 1. The molecule has 29 heavy (non-hydrogen) atoms. The van der Waals surface area contributed by atoms with Crippen LogP contribution in [0.4, 0.5) is 0 Å². The van der Waals surface area contributed by atoms with Gasteiger partial charge in [-0.15, -0.1) is 0 Å². The largest absolute Gasteiger partial charge is 0.484 e. The summed E-state index contributed by atoms with van der Waals surface area (Å²) in [7, 11) is 0. The SMILES string of the molecule is CCC(=O)c1ccc(OCC(=O)N[C@@H](c2ccccc2)c2ccc(C)cc2)cc1. The highest BCUT2D eigenvalue weighted by Gasteiger charge is 2.17. The van der Waals surface area contributed by atoms with Gasteiger partial charge in [0.2, 0.25) is 0 Å². The standard InChI is InChI=1S/C25H25NO3/c1-3-23(27)19-13-15-22(16-14-19)29-17-24(28)26-25(20-7-5-4-6-8-20)21-11-9-18(2)10-12-21/h4-16,25H,3,17H2,1-2H3,(H,26,28)/t25-/m0/s1. The molecule has 1 N–H and O–H groups in total. The molecule has 0 bridgehead atoms. The van der Waals surface area contributed by atoms with Gasteiger partial charge in [0, 0.05) is 12.0 Å². The van der Waals surface area contributed by atoms with Gasteiger partial charge in [0.1, 0.15) is 5.75 Å². The predicted octanol–water partition coefficient (Wildman–Crippen LogP) is 4.87. The van der Waals surface area contributed by atoms with E-state index >= 15 is 0 Å². The lowest BCUT2D eigenvalue weighted by molar-refractivity contribution is -0.123. The molecule has 0 fully saturated rings. The zero-order valence-corrected chi connectivity index (χ0v) is 16.7. The van der Waals surface area contributed by atoms with Gasteiger partial charge in [0.05, 0.1) is 6.04 Å². The van der Waals surface area contributed by atoms with E-state index in [1.165, 1.54) is 5.56 Å². The van der Waals surface area contributed by atoms with E-state index in [1.807, 2.05) is 68.4 Å². The molecule has 0 aromatic heterocycles. The molecule has 0 aliphatic rings. The van der Waals surface area contributed by atoms with Crippen molar-refractivity contribution in [2.45, 2.75) is 26.3 Å². The molecule has 0 saturated carbocycles. The highest BCUT2D eigenvalue weighted by Crippen LogP contribution is 2.22. The zero-order valence-electron chi connectivity index (χ0n) is 16.7. The molecule has 3 aromatic carbocycles. The Morgan fingerprint density at radius 2 is 1.48 bits per heavy atom. The first-order chi connectivity index (χ1) is 14.1. The quantitative estimate of drug-likeness (QED) is 0.561. The molecule has 0 aliphatic carbocycles. The maximum Gasteiger partial charge on any atom is 0.258 e. The Balaban J connectivity index is 1.67. The number of aryl methyl sites for hydroxylation is 1. The van der Waals surface area contributed by atoms with Gasteiger partial charge in [-0.25, -0.2) is 0 Å². The molecule has 3 rings (SSSR count). The van der Waals surface area contributed by atoms with Crippen LogP contribution in [0.25, 0.3) is 0 Å². The van der Waals surface area contributed by atoms with Gasteiger partial charge in [-0.2, -0.15) is 0 Å². The van der Waals surface area contributed by atoms with Crippen LogP contribution in [0.1, 0.15) is 46.4 Å². The van der Waals surface area contributed by atoms with Gasteiger partial charge < -0.3 is 10.1 Å². The van der Waals surface area contributed by atoms with Crippen LogP contribution in [0.5, 0.6) is 5.75 Å². The molecule has 0 radical (unpaired) electrons. The summed E-state index contributed by atoms with van der Waals surface area (Å²) in [4.78, 5) is 24.3. The van der Waals surface area contributed by atoms with Crippen LogP contribution >= 0.6 is 0 Å². The van der Waals surface area contributed by atoms with Crippen molar-refractivity contribution in [3.63, 3.8) is 0 Å². The molecule has 4 nitrogen and oxygen atoms in total. The van der Waals surface area contributed by atoms with Crippen molar-refractivity contribution in [3.8, 4) is 5.75 Å². The van der Waals surface area contributed by atoms with Gasteiger partial charge in [0.25, 0.3) is 5.91 Å². The third kappa shape index (κ3) is 5.55. The summed E-state index contributed by atoms with van der Waals surface area (Å²) in [5.74, 6) is 0.422. The molecule has 1 amide bonds. The smallest absolute Gasteiger partial charge is 0.258 e. The number of hydrogen-bond donors (Lipinski definition) is 1. The Hall–Kier alpha value is -3.40. The second-order valence-electron chi connectivity index (χ2n) is 6.91. The van der Waals surface area contributed by atoms with Crippen LogP contribution in [0.3, 0.4) is 0 Å². The number of ketones is 1. The number of benzene rings is 3. The van der Waals surface area contributed by atoms with Crippen molar-refractivity contribution >= 4 is 11.7 Å². The Labute approximate surface area is 171 Å². The van der Waals surface area contributed by atoms with Gasteiger partial charge in [-0.05, 0) is 42.3 Å². The lowest BCUT2D eigenvalue weighted by atomic mass is 9.98. The molecule has 148 valence electrons. The van der Waals surface area contributed by atoms with Crippen LogP contribution in [0.15, 0.2) is 78.9 Å². The Morgan fingerprint density at radius 1 is 0.862 bits per heavy atom. The van der Waals surface area contributed by atoms with E-state index in [2.05, 4.69) is 5.32 Å². The first-order valence-electron chi connectivity index (χ1n) is 9.73. The number of nitrogens with one attached hydrogen (secondary N) is 1. The molecule has 0 spiro atoms. The van der Waals surface area contributed by atoms with Gasteiger partial charge in [-0.3, -0.25) is 9.59 Å². The van der Waals surface area contributed by atoms with Gasteiger partial charge >= 0.3 is 0 Å². The summed E-state index contributed by atoms with van der Waals surface area (Å²) in [6.07, 6.45) is 0.461. The first kappa shape index (κ1) is 20.3. The van der Waals surface area contributed by atoms with Crippen LogP contribution < -0.4 is 10.1 Å². The van der Waals surface area contributed by atoms with Crippen molar-refractivity contribution in [2.75, 3.05) is 6.61 Å². The normalized spacial score (nSPS) is 11.5. The van der Waals surface area contributed by atoms with E-state index in [-0.39, 0.29) is 24.3 Å². The predicted molar refractivity (Wildman–Crippen MR) is 114 cm³/mol. The zero-order chi connectivity index (χ0) is 20.6. The third-order valence-corrected chi connectivity index (χ3v) is 4.72. The Bertz CT molecular complexity index is 948. The molecule has 0 heterocycles. The molecular weight excluding hydrogens is 362 g/mol. The fourth-order valence-electron chi connectivity index (χ4n) is 3.06. The van der Waals surface area contributed by atoms with E-state index in [1.54, 1.807) is 24.3 Å². The average Bonchev–Trinajstić information content (AvgIpc) is 2.77. The summed E-state index contributed by atoms with van der Waals surface area (Å²) < 4.78 is 5.60. The van der Waals surface area contributed by atoms with Crippen molar-refractivity contribution in [3.05, 3.63) is 101 Å². The number of carbonyl (C=O) groups excluding carboxylic acids is 2. The van der Waals surface area contributed by atoms with Crippen molar-refractivity contribution < 1.29 is 14.3 Å². The van der Waals surface area contributed by atoms with Crippen LogP contribution in [0.2, 0.25) is 0 Å².